The summed E-state index contributed by atoms with van der Waals surface area (Å²) in [5.74, 6) is 1.28. The summed E-state index contributed by atoms with van der Waals surface area (Å²) in [5.41, 5.74) is 2.41. The van der Waals surface area contributed by atoms with E-state index in [1.807, 2.05) is 13.0 Å². The predicted molar refractivity (Wildman–Crippen MR) is 131 cm³/mol. The fraction of sp³-hybridized carbons (Fsp3) is 0.793. The van der Waals surface area contributed by atoms with Crippen LogP contribution in [0.2, 0.25) is 0 Å². The zero-order valence-electron chi connectivity index (χ0n) is 21.7. The molecule has 6 unspecified atom stereocenters. The van der Waals surface area contributed by atoms with E-state index in [1.165, 1.54) is 24.5 Å². The summed E-state index contributed by atoms with van der Waals surface area (Å²) in [7, 11) is 0. The summed E-state index contributed by atoms with van der Waals surface area (Å²) in [4.78, 5) is 21.8. The minimum Gasteiger partial charge on any atom is -0.481 e. The monoisotopic (exact) mass is 456 g/mol. The molecule has 4 fully saturated rings. The van der Waals surface area contributed by atoms with E-state index in [4.69, 9.17) is 5.11 Å². The second-order valence-electron chi connectivity index (χ2n) is 13.6. The fourth-order valence-electron chi connectivity index (χ4n) is 7.58. The van der Waals surface area contributed by atoms with Crippen LogP contribution < -0.4 is 0 Å². The van der Waals surface area contributed by atoms with Crippen molar-refractivity contribution in [2.24, 2.45) is 50.7 Å². The van der Waals surface area contributed by atoms with Crippen molar-refractivity contribution >= 4 is 11.9 Å². The van der Waals surface area contributed by atoms with Crippen LogP contribution in [0.3, 0.4) is 0 Å². The zero-order valence-corrected chi connectivity index (χ0v) is 21.7. The van der Waals surface area contributed by atoms with Gasteiger partial charge in [-0.2, -0.15) is 0 Å². The summed E-state index contributed by atoms with van der Waals surface area (Å²) in [5, 5.41) is 17.9. The maximum Gasteiger partial charge on any atom is 0.327 e. The van der Waals surface area contributed by atoms with Crippen molar-refractivity contribution in [3.63, 3.8) is 0 Å². The van der Waals surface area contributed by atoms with Crippen LogP contribution in [-0.2, 0) is 9.59 Å². The molecule has 0 bridgehead atoms. The number of fused-ring (bicyclic) bond motifs is 1. The lowest BCUT2D eigenvalue weighted by atomic mass is 9.69. The van der Waals surface area contributed by atoms with Gasteiger partial charge >= 0.3 is 11.9 Å². The van der Waals surface area contributed by atoms with Gasteiger partial charge in [0.25, 0.3) is 0 Å². The van der Waals surface area contributed by atoms with Crippen LogP contribution in [0.1, 0.15) is 93.4 Å². The van der Waals surface area contributed by atoms with E-state index in [-0.39, 0.29) is 10.8 Å². The van der Waals surface area contributed by atoms with E-state index < -0.39 is 17.4 Å². The Morgan fingerprint density at radius 3 is 2.06 bits per heavy atom. The minimum absolute atomic E-state index is 0.163. The number of allylic oxidation sites excluding steroid dienone is 3. The smallest absolute Gasteiger partial charge is 0.327 e. The highest BCUT2D eigenvalue weighted by molar-refractivity contribution is 5.80. The van der Waals surface area contributed by atoms with E-state index >= 15 is 0 Å². The second kappa shape index (κ2) is 7.46. The Morgan fingerprint density at radius 1 is 1.03 bits per heavy atom. The normalized spacial score (nSPS) is 42.7. The van der Waals surface area contributed by atoms with Crippen molar-refractivity contribution in [1.82, 2.24) is 0 Å². The molecule has 0 aromatic carbocycles. The lowest BCUT2D eigenvalue weighted by molar-refractivity contribution is -0.143. The van der Waals surface area contributed by atoms with Crippen molar-refractivity contribution in [1.29, 1.82) is 0 Å². The van der Waals surface area contributed by atoms with Gasteiger partial charge in [0.1, 0.15) is 0 Å². The molecule has 0 aromatic heterocycles. The van der Waals surface area contributed by atoms with E-state index in [1.54, 1.807) is 0 Å². The van der Waals surface area contributed by atoms with E-state index in [9.17, 15) is 14.7 Å². The van der Waals surface area contributed by atoms with Gasteiger partial charge in [-0.05, 0) is 104 Å². The van der Waals surface area contributed by atoms with Gasteiger partial charge in [0.15, 0.2) is 0 Å². The van der Waals surface area contributed by atoms with Crippen LogP contribution in [0.4, 0.5) is 0 Å². The quantitative estimate of drug-likeness (QED) is 0.335. The standard InChI is InChI=1S/C15H24O2.C14H20O2/c1-13(2)9(6-11-8-15(11,13)4)5-10-7-14(10,3)12(16)17;1-10-4-5-11(13(10,2)3)14(8-9-14)7-6-12(15)16/h9-11H,5-8H2,1-4H3,(H,16,17);4,6-7,11H,5,8-9H2,1-3H3,(H,15,16)/b;7-6+. The van der Waals surface area contributed by atoms with Crippen LogP contribution in [0, 0.1) is 50.7 Å². The van der Waals surface area contributed by atoms with Crippen molar-refractivity contribution in [2.75, 3.05) is 0 Å². The number of hydrogen-bond donors (Lipinski definition) is 2. The number of carbonyl (C=O) groups is 2. The molecule has 0 radical (unpaired) electrons. The summed E-state index contributed by atoms with van der Waals surface area (Å²) >= 11 is 0. The molecular weight excluding hydrogens is 412 g/mol. The van der Waals surface area contributed by atoms with Crippen LogP contribution in [0.5, 0.6) is 0 Å². The average molecular weight is 457 g/mol. The van der Waals surface area contributed by atoms with Gasteiger partial charge in [0.05, 0.1) is 5.41 Å². The molecule has 0 spiro atoms. The first-order valence-corrected chi connectivity index (χ1v) is 12.9. The van der Waals surface area contributed by atoms with Crippen LogP contribution in [-0.4, -0.2) is 22.2 Å². The third-order valence-electron chi connectivity index (χ3n) is 11.6. The molecule has 0 saturated heterocycles. The summed E-state index contributed by atoms with van der Waals surface area (Å²) in [6.07, 6.45) is 13.8. The topological polar surface area (TPSA) is 74.6 Å². The first kappa shape index (κ1) is 24.5. The molecule has 0 aromatic rings. The molecule has 4 saturated carbocycles. The van der Waals surface area contributed by atoms with E-state index in [2.05, 4.69) is 47.6 Å². The molecule has 6 atom stereocenters. The summed E-state index contributed by atoms with van der Waals surface area (Å²) in [6, 6.07) is 0. The Hall–Kier alpha value is -1.58. The third kappa shape index (κ3) is 3.90. The number of carboxylic acids is 2. The van der Waals surface area contributed by atoms with Crippen molar-refractivity contribution in [3.8, 4) is 0 Å². The Labute approximate surface area is 199 Å². The molecule has 0 aliphatic heterocycles. The van der Waals surface area contributed by atoms with Gasteiger partial charge < -0.3 is 10.2 Å². The van der Waals surface area contributed by atoms with Gasteiger partial charge in [-0.25, -0.2) is 4.79 Å². The van der Waals surface area contributed by atoms with Gasteiger partial charge in [-0.1, -0.05) is 52.3 Å². The van der Waals surface area contributed by atoms with Crippen LogP contribution in [0.25, 0.3) is 0 Å². The second-order valence-corrected chi connectivity index (χ2v) is 13.6. The van der Waals surface area contributed by atoms with Crippen LogP contribution >= 0.6 is 0 Å². The molecule has 0 amide bonds. The van der Waals surface area contributed by atoms with Crippen molar-refractivity contribution < 1.29 is 19.8 Å². The molecule has 5 aliphatic carbocycles. The first-order chi connectivity index (χ1) is 15.1. The minimum atomic E-state index is -0.827. The number of hydrogen-bond acceptors (Lipinski definition) is 2. The molecule has 184 valence electrons. The fourth-order valence-corrected chi connectivity index (χ4v) is 7.58. The molecule has 2 N–H and O–H groups in total. The number of carboxylic acid groups (broad SMARTS) is 2. The lowest BCUT2D eigenvalue weighted by Crippen LogP contribution is -2.29. The molecule has 33 heavy (non-hydrogen) atoms. The molecule has 5 aliphatic rings. The largest absolute Gasteiger partial charge is 0.481 e. The highest BCUT2D eigenvalue weighted by Gasteiger charge is 2.68. The highest BCUT2D eigenvalue weighted by Crippen LogP contribution is 2.75. The summed E-state index contributed by atoms with van der Waals surface area (Å²) in [6.45, 7) is 15.9. The molecule has 0 heterocycles. The number of rotatable bonds is 6. The van der Waals surface area contributed by atoms with Crippen LogP contribution in [0.15, 0.2) is 23.8 Å². The van der Waals surface area contributed by atoms with E-state index in [0.717, 1.165) is 43.9 Å². The van der Waals surface area contributed by atoms with Crippen molar-refractivity contribution in [2.45, 2.75) is 93.4 Å². The zero-order chi connectivity index (χ0) is 24.6. The Bertz CT molecular complexity index is 905. The molecular formula is C29H44O4. The van der Waals surface area contributed by atoms with Gasteiger partial charge in [-0.3, -0.25) is 4.79 Å². The third-order valence-corrected chi connectivity index (χ3v) is 11.6. The maximum absolute atomic E-state index is 11.2. The highest BCUT2D eigenvalue weighted by atomic mass is 16.4. The molecule has 4 heteroatoms. The Balaban J connectivity index is 0.000000157. The van der Waals surface area contributed by atoms with E-state index in [0.29, 0.717) is 22.7 Å². The predicted octanol–water partition coefficient (Wildman–Crippen LogP) is 6.96. The van der Waals surface area contributed by atoms with Crippen molar-refractivity contribution in [3.05, 3.63) is 23.8 Å². The SMILES string of the molecule is CC1(C(=O)O)CC1CC1CC2CC2(C)C1(C)C.CC1=CCC(C2(/C=C/C(=O)O)CC2)C1(C)C. The van der Waals surface area contributed by atoms with Gasteiger partial charge in [-0.15, -0.1) is 0 Å². The number of aliphatic carboxylic acids is 2. The first-order valence-electron chi connectivity index (χ1n) is 12.9. The molecule has 5 rings (SSSR count). The Kier molecular flexibility index (Phi) is 5.55. The lowest BCUT2D eigenvalue weighted by Gasteiger charge is -2.35. The molecule has 4 nitrogen and oxygen atoms in total. The average Bonchev–Trinajstić information content (AvgIpc) is 3.64. The van der Waals surface area contributed by atoms with Gasteiger partial charge in [0.2, 0.25) is 0 Å². The Morgan fingerprint density at radius 2 is 1.67 bits per heavy atom. The summed E-state index contributed by atoms with van der Waals surface area (Å²) < 4.78 is 0. The van der Waals surface area contributed by atoms with Gasteiger partial charge in [0, 0.05) is 6.08 Å². The maximum atomic E-state index is 11.2.